The summed E-state index contributed by atoms with van der Waals surface area (Å²) in [5.74, 6) is -6.17. The number of rotatable bonds is 17. The molecule has 0 aromatic rings. The Hall–Kier alpha value is -3.26. The van der Waals surface area contributed by atoms with Crippen molar-refractivity contribution in [3.05, 3.63) is 0 Å². The minimum Gasteiger partial charge on any atom is -0.481 e. The third kappa shape index (κ3) is 13.0. The lowest BCUT2D eigenvalue weighted by Crippen LogP contribution is -2.56. The number of carboxylic acid groups (broad SMARTS) is 3. The van der Waals surface area contributed by atoms with Crippen LogP contribution in [0, 0.1) is 0 Å². The monoisotopic (exact) mass is 475 g/mol. The molecule has 0 bridgehead atoms. The van der Waals surface area contributed by atoms with E-state index in [0.29, 0.717) is 19.4 Å². The summed E-state index contributed by atoms with van der Waals surface area (Å²) in [6.45, 7) is 1.53. The first-order chi connectivity index (χ1) is 15.4. The number of hydrogen-bond donors (Lipinski definition) is 8. The first-order valence-electron chi connectivity index (χ1n) is 10.4. The molecule has 14 nitrogen and oxygen atoms in total. The molecule has 4 atom stereocenters. The molecular formula is C19H33N5O9. The highest BCUT2D eigenvalue weighted by Crippen LogP contribution is 2.06. The first-order valence-corrected chi connectivity index (χ1v) is 10.4. The maximum Gasteiger partial charge on any atom is 0.325 e. The Morgan fingerprint density at radius 1 is 0.727 bits per heavy atom. The van der Waals surface area contributed by atoms with Gasteiger partial charge in [-0.05, 0) is 45.6 Å². The van der Waals surface area contributed by atoms with Crippen LogP contribution in [0.25, 0.3) is 0 Å². The van der Waals surface area contributed by atoms with E-state index in [1.54, 1.807) is 0 Å². The van der Waals surface area contributed by atoms with E-state index in [0.717, 1.165) is 0 Å². The predicted molar refractivity (Wildman–Crippen MR) is 114 cm³/mol. The van der Waals surface area contributed by atoms with Gasteiger partial charge in [0.1, 0.15) is 18.1 Å². The Balaban J connectivity index is 5.39. The minimum absolute atomic E-state index is 0.124. The lowest BCUT2D eigenvalue weighted by atomic mass is 10.0. The van der Waals surface area contributed by atoms with Crippen LogP contribution in [-0.4, -0.2) is 81.7 Å². The van der Waals surface area contributed by atoms with E-state index in [1.165, 1.54) is 6.92 Å². The smallest absolute Gasteiger partial charge is 0.325 e. The topological polar surface area (TPSA) is 251 Å². The van der Waals surface area contributed by atoms with E-state index in [-0.39, 0.29) is 25.7 Å². The molecule has 0 saturated carbocycles. The van der Waals surface area contributed by atoms with E-state index in [2.05, 4.69) is 16.0 Å². The Bertz CT molecular complexity index is 716. The zero-order valence-electron chi connectivity index (χ0n) is 18.4. The quantitative estimate of drug-likeness (QED) is 0.104. The van der Waals surface area contributed by atoms with Crippen LogP contribution >= 0.6 is 0 Å². The van der Waals surface area contributed by atoms with Gasteiger partial charge in [-0.1, -0.05) is 0 Å². The number of carboxylic acids is 3. The molecule has 0 rings (SSSR count). The molecule has 0 aromatic heterocycles. The molecule has 0 aliphatic carbocycles. The van der Waals surface area contributed by atoms with Gasteiger partial charge in [0.15, 0.2) is 0 Å². The fraction of sp³-hybridized carbons (Fsp3) is 0.684. The second-order valence-corrected chi connectivity index (χ2v) is 7.45. The van der Waals surface area contributed by atoms with Crippen molar-refractivity contribution in [2.24, 2.45) is 11.5 Å². The first kappa shape index (κ1) is 29.7. The number of nitrogens with one attached hydrogen (secondary N) is 3. The number of aliphatic carboxylic acids is 3. The number of amides is 3. The number of nitrogens with two attached hydrogens (primary N) is 2. The van der Waals surface area contributed by atoms with Crippen molar-refractivity contribution < 1.29 is 44.1 Å². The molecule has 188 valence electrons. The SMILES string of the molecule is CC(NC(=O)C(CCC(=O)O)NC(=O)C(CCCCN)NC(=O)C(N)CCC(=O)O)C(=O)O. The van der Waals surface area contributed by atoms with E-state index >= 15 is 0 Å². The van der Waals surface area contributed by atoms with Crippen LogP contribution in [0.15, 0.2) is 0 Å². The van der Waals surface area contributed by atoms with Gasteiger partial charge in [-0.2, -0.15) is 0 Å². The van der Waals surface area contributed by atoms with Crippen molar-refractivity contribution in [2.45, 2.75) is 76.0 Å². The molecule has 0 aromatic carbocycles. The Labute approximate surface area is 190 Å². The fourth-order valence-corrected chi connectivity index (χ4v) is 2.64. The molecule has 0 aliphatic rings. The molecular weight excluding hydrogens is 442 g/mol. The van der Waals surface area contributed by atoms with Gasteiger partial charge < -0.3 is 42.7 Å². The maximum atomic E-state index is 12.8. The zero-order valence-corrected chi connectivity index (χ0v) is 18.4. The number of carbonyl (C=O) groups is 6. The number of hydrogen-bond acceptors (Lipinski definition) is 8. The molecule has 0 spiro atoms. The second kappa shape index (κ2) is 15.5. The van der Waals surface area contributed by atoms with Crippen LogP contribution in [0.5, 0.6) is 0 Å². The molecule has 0 aliphatic heterocycles. The summed E-state index contributed by atoms with van der Waals surface area (Å²) in [4.78, 5) is 70.1. The van der Waals surface area contributed by atoms with Crippen molar-refractivity contribution >= 4 is 35.6 Å². The Morgan fingerprint density at radius 3 is 1.73 bits per heavy atom. The summed E-state index contributed by atoms with van der Waals surface area (Å²) in [5.41, 5.74) is 11.1. The summed E-state index contributed by atoms with van der Waals surface area (Å²) < 4.78 is 0. The van der Waals surface area contributed by atoms with Crippen molar-refractivity contribution in [1.29, 1.82) is 0 Å². The molecule has 4 unspecified atom stereocenters. The normalized spacial score (nSPS) is 14.3. The van der Waals surface area contributed by atoms with Crippen LogP contribution in [0.1, 0.15) is 51.9 Å². The van der Waals surface area contributed by atoms with Gasteiger partial charge >= 0.3 is 17.9 Å². The standard InChI is InChI=1S/C19H33N5O9/c1-10(19(32)33)22-17(30)13(6-8-15(27)28)24-18(31)12(4-2-3-9-20)23-16(29)11(21)5-7-14(25)26/h10-13H,2-9,20-21H2,1H3,(H,22,30)(H,23,29)(H,24,31)(H,25,26)(H,27,28)(H,32,33). The van der Waals surface area contributed by atoms with Crippen LogP contribution < -0.4 is 27.4 Å². The van der Waals surface area contributed by atoms with Gasteiger partial charge in [-0.3, -0.25) is 28.8 Å². The number of unbranched alkanes of at least 4 members (excludes halogenated alkanes) is 1. The van der Waals surface area contributed by atoms with Crippen molar-refractivity contribution in [1.82, 2.24) is 16.0 Å². The summed E-state index contributed by atoms with van der Waals surface area (Å²) in [5, 5.41) is 33.5. The van der Waals surface area contributed by atoms with Gasteiger partial charge in [0.05, 0.1) is 6.04 Å². The predicted octanol–water partition coefficient (Wildman–Crippen LogP) is -2.27. The van der Waals surface area contributed by atoms with Gasteiger partial charge in [0.25, 0.3) is 0 Å². The number of carbonyl (C=O) groups excluding carboxylic acids is 3. The highest BCUT2D eigenvalue weighted by molar-refractivity contribution is 5.94. The van der Waals surface area contributed by atoms with Gasteiger partial charge in [0.2, 0.25) is 17.7 Å². The molecule has 0 radical (unpaired) electrons. The van der Waals surface area contributed by atoms with Gasteiger partial charge in [-0.15, -0.1) is 0 Å². The maximum absolute atomic E-state index is 12.8. The lowest BCUT2D eigenvalue weighted by molar-refractivity contribution is -0.142. The third-order valence-corrected chi connectivity index (χ3v) is 4.59. The van der Waals surface area contributed by atoms with Crippen molar-refractivity contribution in [3.63, 3.8) is 0 Å². The Kier molecular flexibility index (Phi) is 14.0. The van der Waals surface area contributed by atoms with Crippen LogP contribution in [0.3, 0.4) is 0 Å². The minimum atomic E-state index is -1.37. The summed E-state index contributed by atoms with van der Waals surface area (Å²) >= 11 is 0. The van der Waals surface area contributed by atoms with Crippen LogP contribution in [0.4, 0.5) is 0 Å². The molecule has 0 saturated heterocycles. The molecule has 33 heavy (non-hydrogen) atoms. The average Bonchev–Trinajstić information content (AvgIpc) is 2.73. The molecule has 0 fully saturated rings. The lowest BCUT2D eigenvalue weighted by Gasteiger charge is -2.24. The third-order valence-electron chi connectivity index (χ3n) is 4.59. The molecule has 3 amide bonds. The summed E-state index contributed by atoms with van der Waals surface area (Å²) in [7, 11) is 0. The molecule has 0 heterocycles. The summed E-state index contributed by atoms with van der Waals surface area (Å²) in [6.07, 6.45) is -0.220. The largest absolute Gasteiger partial charge is 0.481 e. The second-order valence-electron chi connectivity index (χ2n) is 7.45. The summed E-state index contributed by atoms with van der Waals surface area (Å²) in [6, 6.07) is -5.00. The zero-order chi connectivity index (χ0) is 25.6. The molecule has 10 N–H and O–H groups in total. The van der Waals surface area contributed by atoms with Crippen molar-refractivity contribution in [3.8, 4) is 0 Å². The Morgan fingerprint density at radius 2 is 1.21 bits per heavy atom. The molecule has 14 heteroatoms. The highest BCUT2D eigenvalue weighted by Gasteiger charge is 2.29. The van der Waals surface area contributed by atoms with Gasteiger partial charge in [-0.25, -0.2) is 0 Å². The van der Waals surface area contributed by atoms with E-state index in [4.69, 9.17) is 26.8 Å². The van der Waals surface area contributed by atoms with E-state index in [1.807, 2.05) is 0 Å². The van der Waals surface area contributed by atoms with Crippen LogP contribution in [0.2, 0.25) is 0 Å². The van der Waals surface area contributed by atoms with Crippen LogP contribution in [-0.2, 0) is 28.8 Å². The highest BCUT2D eigenvalue weighted by atomic mass is 16.4. The van der Waals surface area contributed by atoms with E-state index < -0.39 is 66.2 Å². The van der Waals surface area contributed by atoms with Crippen molar-refractivity contribution in [2.75, 3.05) is 6.54 Å². The average molecular weight is 475 g/mol. The van der Waals surface area contributed by atoms with Gasteiger partial charge in [0, 0.05) is 12.8 Å². The fourth-order valence-electron chi connectivity index (χ4n) is 2.64. The van der Waals surface area contributed by atoms with E-state index in [9.17, 15) is 28.8 Å².